The topological polar surface area (TPSA) is 192 Å². The van der Waals surface area contributed by atoms with Gasteiger partial charge in [0.15, 0.2) is 6.29 Å². The van der Waals surface area contributed by atoms with Gasteiger partial charge in [-0.25, -0.2) is 4.18 Å². The van der Waals surface area contributed by atoms with Crippen LogP contribution in [0.15, 0.2) is 12.2 Å². The fourth-order valence-electron chi connectivity index (χ4n) is 6.65. The Bertz CT molecular complexity index is 1010. The lowest BCUT2D eigenvalue weighted by molar-refractivity contribution is -0.301. The highest BCUT2D eigenvalue weighted by Crippen LogP contribution is 2.23. The second-order valence-electron chi connectivity index (χ2n) is 15.0. The largest absolute Gasteiger partial charge is 0.397 e. The quantitative estimate of drug-likeness (QED) is 0.0216. The Morgan fingerprint density at radius 1 is 0.698 bits per heavy atom. The zero-order valence-electron chi connectivity index (χ0n) is 33.1. The van der Waals surface area contributed by atoms with E-state index in [0.29, 0.717) is 6.42 Å². The standard InChI is InChI=1S/C40H77NO11S/c1-3-5-7-9-11-13-15-17-19-21-23-25-27-29-34(42)33(31-50-40-39(46)38(45)37(44)35(52-40)32-51-53(47,48)49)41-36(43)30-28-26-24-22-20-18-16-14-12-10-8-6-4-2/h27,29,33-35,37-40,42,44-46H,3-26,28,30-32H2,1-2H3,(H,41,43)(H,47,48,49)/b29-27+/t33-,34-,35-,37-,38+,39-,40-/m1/s1. The molecule has 0 bridgehead atoms. The Kier molecular flexibility index (Phi) is 30.1. The fraction of sp³-hybridized carbons (Fsp3) is 0.925. The van der Waals surface area contributed by atoms with Crippen molar-refractivity contribution in [1.82, 2.24) is 5.32 Å². The molecule has 0 saturated carbocycles. The average Bonchev–Trinajstić information content (AvgIpc) is 3.12. The summed E-state index contributed by atoms with van der Waals surface area (Å²) in [6.45, 7) is 3.31. The number of hydrogen-bond donors (Lipinski definition) is 6. The van der Waals surface area contributed by atoms with Gasteiger partial charge in [-0.05, 0) is 19.3 Å². The van der Waals surface area contributed by atoms with Gasteiger partial charge in [-0.1, -0.05) is 167 Å². The second-order valence-corrected chi connectivity index (χ2v) is 16.1. The van der Waals surface area contributed by atoms with Crippen LogP contribution in [0.1, 0.15) is 181 Å². The van der Waals surface area contributed by atoms with Crippen molar-refractivity contribution in [2.45, 2.75) is 224 Å². The Balaban J connectivity index is 2.56. The highest BCUT2D eigenvalue weighted by molar-refractivity contribution is 7.80. The van der Waals surface area contributed by atoms with E-state index in [9.17, 15) is 33.6 Å². The Labute approximate surface area is 321 Å². The summed E-state index contributed by atoms with van der Waals surface area (Å²) in [5.41, 5.74) is 0. The highest BCUT2D eigenvalue weighted by Gasteiger charge is 2.45. The summed E-state index contributed by atoms with van der Waals surface area (Å²) in [5.74, 6) is -0.250. The lowest BCUT2D eigenvalue weighted by Crippen LogP contribution is -2.60. The first-order valence-electron chi connectivity index (χ1n) is 21.1. The van der Waals surface area contributed by atoms with Crippen LogP contribution in [0.5, 0.6) is 0 Å². The molecule has 0 spiro atoms. The molecule has 1 saturated heterocycles. The summed E-state index contributed by atoms with van der Waals surface area (Å²) >= 11 is 0. The normalized spacial score (nSPS) is 22.0. The van der Waals surface area contributed by atoms with Crippen LogP contribution >= 0.6 is 0 Å². The molecule has 0 aromatic rings. The van der Waals surface area contributed by atoms with Crippen molar-refractivity contribution in [2.24, 2.45) is 0 Å². The van der Waals surface area contributed by atoms with E-state index in [0.717, 1.165) is 38.5 Å². The van der Waals surface area contributed by atoms with Gasteiger partial charge in [0.1, 0.15) is 24.4 Å². The van der Waals surface area contributed by atoms with Crippen molar-refractivity contribution >= 4 is 16.3 Å². The first kappa shape index (κ1) is 49.9. The highest BCUT2D eigenvalue weighted by atomic mass is 32.3. The van der Waals surface area contributed by atoms with Crippen LogP contribution in [0.2, 0.25) is 0 Å². The Morgan fingerprint density at radius 2 is 1.15 bits per heavy atom. The molecule has 6 N–H and O–H groups in total. The second kappa shape index (κ2) is 32.0. The molecular formula is C40H77NO11S. The number of amides is 1. The minimum absolute atomic E-state index is 0.250. The molecule has 7 atom stereocenters. The monoisotopic (exact) mass is 780 g/mol. The number of ether oxygens (including phenoxy) is 2. The summed E-state index contributed by atoms with van der Waals surface area (Å²) in [4.78, 5) is 12.9. The van der Waals surface area contributed by atoms with E-state index >= 15 is 0 Å². The molecule has 1 heterocycles. The molecule has 12 nitrogen and oxygen atoms in total. The molecule has 1 rings (SSSR count). The predicted octanol–water partition coefficient (Wildman–Crippen LogP) is 7.21. The Hall–Kier alpha value is -1.16. The number of allylic oxidation sites excluding steroid dienone is 1. The number of aliphatic hydroxyl groups is 4. The minimum atomic E-state index is -4.86. The summed E-state index contributed by atoms with van der Waals surface area (Å²) in [7, 11) is -4.86. The van der Waals surface area contributed by atoms with Crippen molar-refractivity contribution in [2.75, 3.05) is 13.2 Å². The van der Waals surface area contributed by atoms with Gasteiger partial charge in [-0.3, -0.25) is 9.35 Å². The lowest BCUT2D eigenvalue weighted by atomic mass is 9.99. The zero-order chi connectivity index (χ0) is 39.2. The summed E-state index contributed by atoms with van der Waals surface area (Å²) < 4.78 is 46.4. The van der Waals surface area contributed by atoms with E-state index in [2.05, 4.69) is 23.3 Å². The van der Waals surface area contributed by atoms with Crippen molar-refractivity contribution < 1.29 is 51.8 Å². The Morgan fingerprint density at radius 3 is 1.62 bits per heavy atom. The molecular weight excluding hydrogens is 703 g/mol. The molecule has 53 heavy (non-hydrogen) atoms. The van der Waals surface area contributed by atoms with Crippen LogP contribution in [0.25, 0.3) is 0 Å². The van der Waals surface area contributed by atoms with E-state index in [-0.39, 0.29) is 18.9 Å². The van der Waals surface area contributed by atoms with Crippen LogP contribution < -0.4 is 5.32 Å². The van der Waals surface area contributed by atoms with Gasteiger partial charge in [-0.15, -0.1) is 0 Å². The minimum Gasteiger partial charge on any atom is -0.387 e. The van der Waals surface area contributed by atoms with E-state index < -0.39 is 59.9 Å². The molecule has 0 aromatic carbocycles. The summed E-state index contributed by atoms with van der Waals surface area (Å²) in [5, 5.41) is 44.9. The molecule has 1 fully saturated rings. The third kappa shape index (κ3) is 26.4. The van der Waals surface area contributed by atoms with Gasteiger partial charge in [0.25, 0.3) is 0 Å². The third-order valence-electron chi connectivity index (χ3n) is 10.1. The maximum atomic E-state index is 12.9. The van der Waals surface area contributed by atoms with Gasteiger partial charge < -0.3 is 35.2 Å². The SMILES string of the molecule is CCCCCCCCCCCCC/C=C/[C@@H](O)[C@@H](CO[C@@H]1O[C@H](COS(=O)(=O)O)[C@@H](O)[C@H](O)[C@H]1O)NC(=O)CCCCCCCCCCCCCCC. The molecule has 1 aliphatic rings. The summed E-state index contributed by atoms with van der Waals surface area (Å²) in [6, 6.07) is -0.912. The van der Waals surface area contributed by atoms with E-state index in [1.165, 1.54) is 116 Å². The van der Waals surface area contributed by atoms with Crippen molar-refractivity contribution in [3.63, 3.8) is 0 Å². The summed E-state index contributed by atoms with van der Waals surface area (Å²) in [6.07, 6.45) is 24.4. The van der Waals surface area contributed by atoms with Gasteiger partial charge in [0.2, 0.25) is 5.91 Å². The van der Waals surface area contributed by atoms with Crippen LogP contribution in [0, 0.1) is 0 Å². The third-order valence-corrected chi connectivity index (χ3v) is 10.5. The number of unbranched alkanes of at least 4 members (excludes halogenated alkanes) is 23. The van der Waals surface area contributed by atoms with Gasteiger partial charge >= 0.3 is 10.4 Å². The first-order chi connectivity index (χ1) is 25.5. The van der Waals surface area contributed by atoms with Crippen LogP contribution in [-0.4, -0.2) is 95.4 Å². The van der Waals surface area contributed by atoms with E-state index in [1.807, 2.05) is 6.08 Å². The fourth-order valence-corrected chi connectivity index (χ4v) is 6.95. The molecule has 1 aliphatic heterocycles. The van der Waals surface area contributed by atoms with E-state index in [1.54, 1.807) is 6.08 Å². The molecule has 1 amide bonds. The smallest absolute Gasteiger partial charge is 0.387 e. The van der Waals surface area contributed by atoms with Crippen LogP contribution in [-0.2, 0) is 28.9 Å². The molecule has 314 valence electrons. The number of nitrogens with one attached hydrogen (secondary N) is 1. The maximum absolute atomic E-state index is 12.9. The molecule has 0 radical (unpaired) electrons. The zero-order valence-corrected chi connectivity index (χ0v) is 33.9. The van der Waals surface area contributed by atoms with Crippen molar-refractivity contribution in [3.05, 3.63) is 12.2 Å². The van der Waals surface area contributed by atoms with Crippen LogP contribution in [0.4, 0.5) is 0 Å². The van der Waals surface area contributed by atoms with Gasteiger partial charge in [-0.2, -0.15) is 8.42 Å². The average molecular weight is 780 g/mol. The first-order valence-corrected chi connectivity index (χ1v) is 22.4. The van der Waals surface area contributed by atoms with Crippen LogP contribution in [0.3, 0.4) is 0 Å². The number of aliphatic hydroxyl groups excluding tert-OH is 4. The van der Waals surface area contributed by atoms with Gasteiger partial charge in [0, 0.05) is 6.42 Å². The maximum Gasteiger partial charge on any atom is 0.397 e. The lowest BCUT2D eigenvalue weighted by Gasteiger charge is -2.40. The van der Waals surface area contributed by atoms with Crippen molar-refractivity contribution in [3.8, 4) is 0 Å². The number of carbonyl (C=O) groups excluding carboxylic acids is 1. The molecule has 0 aliphatic carbocycles. The molecule has 0 unspecified atom stereocenters. The predicted molar refractivity (Wildman–Crippen MR) is 209 cm³/mol. The number of carbonyl (C=O) groups is 1. The van der Waals surface area contributed by atoms with E-state index in [4.69, 9.17) is 14.0 Å². The van der Waals surface area contributed by atoms with Crippen molar-refractivity contribution in [1.29, 1.82) is 0 Å². The molecule has 0 aromatic heterocycles. The number of rotatable bonds is 35. The number of hydrogen-bond acceptors (Lipinski definition) is 10. The van der Waals surface area contributed by atoms with Gasteiger partial charge in [0.05, 0.1) is 25.4 Å². The molecule has 13 heteroatoms.